The number of thioether (sulfide) groups is 1. The SMILES string of the molecule is CCOc1ccc(-n2c(SC(C)C(=O)c3ccc(OC)cc3)nnc2-c2ccncc2)cc1. The normalized spacial score (nSPS) is 11.7. The van der Waals surface area contributed by atoms with E-state index in [2.05, 4.69) is 15.2 Å². The van der Waals surface area contributed by atoms with E-state index in [4.69, 9.17) is 9.47 Å². The van der Waals surface area contributed by atoms with E-state index in [1.54, 1.807) is 43.8 Å². The van der Waals surface area contributed by atoms with Crippen molar-refractivity contribution in [3.63, 3.8) is 0 Å². The van der Waals surface area contributed by atoms with Crippen LogP contribution in [0.15, 0.2) is 78.2 Å². The van der Waals surface area contributed by atoms with Gasteiger partial charge in [-0.15, -0.1) is 10.2 Å². The van der Waals surface area contributed by atoms with Gasteiger partial charge in [0.1, 0.15) is 11.5 Å². The summed E-state index contributed by atoms with van der Waals surface area (Å²) in [5.74, 6) is 2.18. The molecule has 168 valence electrons. The van der Waals surface area contributed by atoms with Crippen molar-refractivity contribution >= 4 is 17.5 Å². The van der Waals surface area contributed by atoms with Gasteiger partial charge in [0.15, 0.2) is 16.8 Å². The fourth-order valence-electron chi connectivity index (χ4n) is 3.33. The maximum atomic E-state index is 13.0. The largest absolute Gasteiger partial charge is 0.497 e. The number of methoxy groups -OCH3 is 1. The minimum atomic E-state index is -0.366. The second-order valence-electron chi connectivity index (χ2n) is 7.16. The van der Waals surface area contributed by atoms with Gasteiger partial charge in [-0.05, 0) is 74.5 Å². The molecule has 0 spiro atoms. The summed E-state index contributed by atoms with van der Waals surface area (Å²) in [6, 6.07) is 18.6. The summed E-state index contributed by atoms with van der Waals surface area (Å²) in [4.78, 5) is 17.1. The number of carbonyl (C=O) groups excluding carboxylic acids is 1. The minimum absolute atomic E-state index is 0.00866. The highest BCUT2D eigenvalue weighted by atomic mass is 32.2. The molecule has 0 N–H and O–H groups in total. The van der Waals surface area contributed by atoms with Gasteiger partial charge >= 0.3 is 0 Å². The third kappa shape index (κ3) is 5.06. The Hall–Kier alpha value is -3.65. The summed E-state index contributed by atoms with van der Waals surface area (Å²) in [6.45, 7) is 4.42. The van der Waals surface area contributed by atoms with Gasteiger partial charge in [-0.25, -0.2) is 0 Å². The van der Waals surface area contributed by atoms with E-state index >= 15 is 0 Å². The molecule has 0 fully saturated rings. The standard InChI is InChI=1S/C25H24N4O3S/c1-4-32-22-11-7-20(8-12-22)29-24(19-13-15-26-16-14-19)27-28-25(29)33-17(2)23(30)18-5-9-21(31-3)10-6-18/h5-17H,4H2,1-3H3. The average Bonchev–Trinajstić information content (AvgIpc) is 3.28. The second-order valence-corrected chi connectivity index (χ2v) is 8.47. The number of hydrogen-bond donors (Lipinski definition) is 0. The van der Waals surface area contributed by atoms with Gasteiger partial charge in [-0.1, -0.05) is 11.8 Å². The molecule has 8 heteroatoms. The Morgan fingerprint density at radius 2 is 1.64 bits per heavy atom. The lowest BCUT2D eigenvalue weighted by Crippen LogP contribution is -2.14. The van der Waals surface area contributed by atoms with Crippen LogP contribution < -0.4 is 9.47 Å². The van der Waals surface area contributed by atoms with Gasteiger partial charge in [0.05, 0.1) is 19.0 Å². The van der Waals surface area contributed by atoms with Crippen LogP contribution in [0.4, 0.5) is 0 Å². The summed E-state index contributed by atoms with van der Waals surface area (Å²) in [6.07, 6.45) is 3.43. The van der Waals surface area contributed by atoms with Crippen molar-refractivity contribution in [2.45, 2.75) is 24.3 Å². The number of Topliss-reactive ketones (excluding diaryl/α,β-unsaturated/α-hetero) is 1. The topological polar surface area (TPSA) is 79.1 Å². The monoisotopic (exact) mass is 460 g/mol. The van der Waals surface area contributed by atoms with E-state index < -0.39 is 0 Å². The molecular formula is C25H24N4O3S. The number of rotatable bonds is 9. The van der Waals surface area contributed by atoms with Crippen molar-refractivity contribution in [3.8, 4) is 28.6 Å². The molecule has 33 heavy (non-hydrogen) atoms. The molecule has 0 saturated heterocycles. The first-order valence-electron chi connectivity index (χ1n) is 10.5. The van der Waals surface area contributed by atoms with Crippen molar-refractivity contribution in [2.75, 3.05) is 13.7 Å². The van der Waals surface area contributed by atoms with Crippen LogP contribution in [0, 0.1) is 0 Å². The quantitative estimate of drug-likeness (QED) is 0.254. The number of pyridine rings is 1. The Balaban J connectivity index is 1.67. The lowest BCUT2D eigenvalue weighted by Gasteiger charge is -2.14. The zero-order chi connectivity index (χ0) is 23.2. The highest BCUT2D eigenvalue weighted by molar-refractivity contribution is 8.00. The van der Waals surface area contributed by atoms with Gasteiger partial charge < -0.3 is 9.47 Å². The van der Waals surface area contributed by atoms with E-state index in [0.717, 1.165) is 17.0 Å². The van der Waals surface area contributed by atoms with Crippen molar-refractivity contribution in [1.82, 2.24) is 19.7 Å². The van der Waals surface area contributed by atoms with Crippen molar-refractivity contribution in [1.29, 1.82) is 0 Å². The first kappa shape index (κ1) is 22.5. The molecular weight excluding hydrogens is 436 g/mol. The molecule has 0 aliphatic rings. The lowest BCUT2D eigenvalue weighted by molar-refractivity contribution is 0.0994. The number of nitrogens with zero attached hydrogens (tertiary/aromatic N) is 4. The fraction of sp³-hybridized carbons (Fsp3) is 0.200. The molecule has 7 nitrogen and oxygen atoms in total. The molecule has 0 saturated carbocycles. The Morgan fingerprint density at radius 1 is 0.970 bits per heavy atom. The third-order valence-electron chi connectivity index (χ3n) is 5.00. The Labute approximate surface area is 196 Å². The fourth-order valence-corrected chi connectivity index (χ4v) is 4.27. The van der Waals surface area contributed by atoms with Gasteiger partial charge in [-0.2, -0.15) is 0 Å². The van der Waals surface area contributed by atoms with Gasteiger partial charge in [0.25, 0.3) is 0 Å². The van der Waals surface area contributed by atoms with Gasteiger partial charge in [0, 0.05) is 29.2 Å². The van der Waals surface area contributed by atoms with Crippen LogP contribution in [-0.2, 0) is 0 Å². The Kier molecular flexibility index (Phi) is 7.04. The van der Waals surface area contributed by atoms with Crippen LogP contribution in [-0.4, -0.2) is 44.5 Å². The predicted octanol–water partition coefficient (Wildman–Crippen LogP) is 5.10. The average molecular weight is 461 g/mol. The molecule has 2 heterocycles. The molecule has 0 radical (unpaired) electrons. The van der Waals surface area contributed by atoms with Crippen LogP contribution in [0.1, 0.15) is 24.2 Å². The van der Waals surface area contributed by atoms with Crippen LogP contribution in [0.2, 0.25) is 0 Å². The number of ether oxygens (including phenoxy) is 2. The molecule has 0 bridgehead atoms. The number of benzene rings is 2. The summed E-state index contributed by atoms with van der Waals surface area (Å²) >= 11 is 1.37. The van der Waals surface area contributed by atoms with Crippen molar-refractivity contribution in [3.05, 3.63) is 78.6 Å². The molecule has 1 atom stereocenters. The highest BCUT2D eigenvalue weighted by Crippen LogP contribution is 2.32. The van der Waals surface area contributed by atoms with Crippen LogP contribution >= 0.6 is 11.8 Å². The maximum Gasteiger partial charge on any atom is 0.196 e. The predicted molar refractivity (Wildman–Crippen MR) is 128 cm³/mol. The Bertz CT molecular complexity index is 1210. The zero-order valence-electron chi connectivity index (χ0n) is 18.6. The third-order valence-corrected chi connectivity index (χ3v) is 6.05. The number of hydrogen-bond acceptors (Lipinski definition) is 7. The molecule has 0 aliphatic carbocycles. The summed E-state index contributed by atoms with van der Waals surface area (Å²) < 4.78 is 12.7. The summed E-state index contributed by atoms with van der Waals surface area (Å²) in [5, 5.41) is 9.12. The van der Waals surface area contributed by atoms with E-state index in [1.807, 2.05) is 54.8 Å². The molecule has 0 aliphatic heterocycles. The number of ketones is 1. The molecule has 2 aromatic carbocycles. The van der Waals surface area contributed by atoms with E-state index in [1.165, 1.54) is 11.8 Å². The molecule has 0 amide bonds. The van der Waals surface area contributed by atoms with Crippen molar-refractivity contribution < 1.29 is 14.3 Å². The van der Waals surface area contributed by atoms with E-state index in [-0.39, 0.29) is 11.0 Å². The first-order valence-corrected chi connectivity index (χ1v) is 11.4. The lowest BCUT2D eigenvalue weighted by atomic mass is 10.1. The zero-order valence-corrected chi connectivity index (χ0v) is 19.5. The number of aromatic nitrogens is 4. The van der Waals surface area contributed by atoms with Crippen LogP contribution in [0.5, 0.6) is 11.5 Å². The summed E-state index contributed by atoms with van der Waals surface area (Å²) in [7, 11) is 1.60. The smallest absolute Gasteiger partial charge is 0.196 e. The van der Waals surface area contributed by atoms with Gasteiger partial charge in [-0.3, -0.25) is 14.3 Å². The summed E-state index contributed by atoms with van der Waals surface area (Å²) in [5.41, 5.74) is 2.38. The molecule has 1 unspecified atom stereocenters. The maximum absolute atomic E-state index is 13.0. The van der Waals surface area contributed by atoms with E-state index in [0.29, 0.717) is 28.9 Å². The highest BCUT2D eigenvalue weighted by Gasteiger charge is 2.23. The molecule has 4 aromatic rings. The van der Waals surface area contributed by atoms with E-state index in [9.17, 15) is 4.79 Å². The van der Waals surface area contributed by atoms with Gasteiger partial charge in [0.2, 0.25) is 0 Å². The van der Waals surface area contributed by atoms with Crippen molar-refractivity contribution in [2.24, 2.45) is 0 Å². The van der Waals surface area contributed by atoms with Crippen LogP contribution in [0.25, 0.3) is 17.1 Å². The molecule has 4 rings (SSSR count). The first-order chi connectivity index (χ1) is 16.1. The minimum Gasteiger partial charge on any atom is -0.497 e. The number of carbonyl (C=O) groups is 1. The van der Waals surface area contributed by atoms with Crippen LogP contribution in [0.3, 0.4) is 0 Å². The Morgan fingerprint density at radius 3 is 2.27 bits per heavy atom. The second kappa shape index (κ2) is 10.3. The molecule has 2 aromatic heterocycles.